The Balaban J connectivity index is 2.69. The van der Waals surface area contributed by atoms with Gasteiger partial charge in [-0.1, -0.05) is 29.8 Å². The van der Waals surface area contributed by atoms with E-state index >= 15 is 0 Å². The molecule has 0 aromatic heterocycles. The lowest BCUT2D eigenvalue weighted by Gasteiger charge is -2.19. The molecule has 0 bridgehead atoms. The van der Waals surface area contributed by atoms with Crippen LogP contribution in [0.15, 0.2) is 24.3 Å². The lowest BCUT2D eigenvalue weighted by atomic mass is 10.1. The lowest BCUT2D eigenvalue weighted by Crippen LogP contribution is -2.35. The molecule has 1 unspecified atom stereocenters. The van der Waals surface area contributed by atoms with Crippen LogP contribution in [0.3, 0.4) is 0 Å². The number of nitrogens with zero attached hydrogens (tertiary/aromatic N) is 2. The highest BCUT2D eigenvalue weighted by Gasteiger charge is 2.14. The van der Waals surface area contributed by atoms with Crippen LogP contribution in [-0.4, -0.2) is 23.9 Å². The molecule has 1 rings (SSSR count). The molecule has 1 aromatic carbocycles. The smallest absolute Gasteiger partial charge is 0.227 e. The highest BCUT2D eigenvalue weighted by molar-refractivity contribution is 5.79. The van der Waals surface area contributed by atoms with Gasteiger partial charge in [-0.25, -0.2) is 0 Å². The van der Waals surface area contributed by atoms with Crippen LogP contribution in [0.4, 0.5) is 0 Å². The van der Waals surface area contributed by atoms with E-state index in [-0.39, 0.29) is 11.9 Å². The van der Waals surface area contributed by atoms with Crippen LogP contribution >= 0.6 is 0 Å². The minimum atomic E-state index is -0.377. The first-order valence-electron chi connectivity index (χ1n) is 5.25. The molecule has 0 aliphatic rings. The molecule has 1 amide bonds. The van der Waals surface area contributed by atoms with Crippen molar-refractivity contribution in [3.8, 4) is 6.07 Å². The first-order valence-corrected chi connectivity index (χ1v) is 5.25. The summed E-state index contributed by atoms with van der Waals surface area (Å²) >= 11 is 0. The Morgan fingerprint density at radius 2 is 2.25 bits per heavy atom. The second-order valence-electron chi connectivity index (χ2n) is 3.98. The van der Waals surface area contributed by atoms with Crippen LogP contribution in [0.2, 0.25) is 0 Å². The number of aryl methyl sites for hydroxylation is 1. The molecule has 3 nitrogen and oxygen atoms in total. The number of nitriles is 1. The summed E-state index contributed by atoms with van der Waals surface area (Å²) in [5.74, 6) is -0.0281. The van der Waals surface area contributed by atoms with Gasteiger partial charge < -0.3 is 4.90 Å². The molecule has 0 fully saturated rings. The number of hydrogen-bond donors (Lipinski definition) is 0. The maximum atomic E-state index is 11.8. The topological polar surface area (TPSA) is 44.1 Å². The molecular formula is C13H16N2O. The zero-order valence-corrected chi connectivity index (χ0v) is 9.90. The predicted octanol–water partition coefficient (Wildman–Crippen LogP) is 1.91. The minimum Gasteiger partial charge on any atom is -0.330 e. The Morgan fingerprint density at radius 1 is 1.56 bits per heavy atom. The van der Waals surface area contributed by atoms with Crippen molar-refractivity contribution in [3.63, 3.8) is 0 Å². The third-order valence-electron chi connectivity index (χ3n) is 2.60. The van der Waals surface area contributed by atoms with Gasteiger partial charge in [-0.3, -0.25) is 4.79 Å². The molecule has 0 aliphatic carbocycles. The molecular weight excluding hydrogens is 200 g/mol. The van der Waals surface area contributed by atoms with E-state index in [9.17, 15) is 4.79 Å². The summed E-state index contributed by atoms with van der Waals surface area (Å²) < 4.78 is 0. The van der Waals surface area contributed by atoms with Gasteiger partial charge in [0.25, 0.3) is 0 Å². The number of likely N-dealkylation sites (N-methyl/N-ethyl adjacent to an activating group) is 1. The Kier molecular flexibility index (Phi) is 4.07. The number of benzene rings is 1. The quantitative estimate of drug-likeness (QED) is 0.774. The Hall–Kier alpha value is -1.82. The fourth-order valence-electron chi connectivity index (χ4n) is 1.42. The van der Waals surface area contributed by atoms with Crippen LogP contribution in [0.25, 0.3) is 0 Å². The van der Waals surface area contributed by atoms with Gasteiger partial charge in [0, 0.05) is 7.05 Å². The molecule has 0 saturated carbocycles. The lowest BCUT2D eigenvalue weighted by molar-refractivity contribution is -0.130. The predicted molar refractivity (Wildman–Crippen MR) is 62.7 cm³/mol. The fraction of sp³-hybridized carbons (Fsp3) is 0.385. The molecule has 0 saturated heterocycles. The van der Waals surface area contributed by atoms with Crippen molar-refractivity contribution >= 4 is 5.91 Å². The van der Waals surface area contributed by atoms with Crippen molar-refractivity contribution in [2.75, 3.05) is 7.05 Å². The summed E-state index contributed by atoms with van der Waals surface area (Å²) in [7, 11) is 1.66. The largest absolute Gasteiger partial charge is 0.330 e. The van der Waals surface area contributed by atoms with Crippen LogP contribution in [-0.2, 0) is 11.2 Å². The first kappa shape index (κ1) is 12.3. The van der Waals surface area contributed by atoms with Gasteiger partial charge in [0.15, 0.2) is 0 Å². The van der Waals surface area contributed by atoms with Crippen molar-refractivity contribution in [1.29, 1.82) is 5.26 Å². The molecule has 16 heavy (non-hydrogen) atoms. The average Bonchev–Trinajstić information content (AvgIpc) is 2.27. The van der Waals surface area contributed by atoms with Crippen LogP contribution in [0, 0.1) is 18.3 Å². The van der Waals surface area contributed by atoms with Gasteiger partial charge in [0.1, 0.15) is 6.04 Å². The SMILES string of the molecule is Cc1cccc(CC(=O)N(C)C(C)C#N)c1. The highest BCUT2D eigenvalue weighted by atomic mass is 16.2. The van der Waals surface area contributed by atoms with Gasteiger partial charge in [-0.05, 0) is 19.4 Å². The van der Waals surface area contributed by atoms with Crippen molar-refractivity contribution in [3.05, 3.63) is 35.4 Å². The van der Waals surface area contributed by atoms with Crippen molar-refractivity contribution in [2.45, 2.75) is 26.3 Å². The summed E-state index contributed by atoms with van der Waals surface area (Å²) in [4.78, 5) is 13.3. The second-order valence-corrected chi connectivity index (χ2v) is 3.98. The zero-order chi connectivity index (χ0) is 12.1. The Bertz CT molecular complexity index is 420. The minimum absolute atomic E-state index is 0.0281. The third-order valence-corrected chi connectivity index (χ3v) is 2.60. The van der Waals surface area contributed by atoms with E-state index in [0.717, 1.165) is 11.1 Å². The van der Waals surface area contributed by atoms with Gasteiger partial charge in [-0.15, -0.1) is 0 Å². The van der Waals surface area contributed by atoms with Gasteiger partial charge in [0.2, 0.25) is 5.91 Å². The normalized spacial score (nSPS) is 11.6. The monoisotopic (exact) mass is 216 g/mol. The molecule has 0 heterocycles. The molecule has 0 radical (unpaired) electrons. The Morgan fingerprint density at radius 3 is 2.81 bits per heavy atom. The zero-order valence-electron chi connectivity index (χ0n) is 9.90. The van der Waals surface area contributed by atoms with Crippen molar-refractivity contribution in [1.82, 2.24) is 4.90 Å². The summed E-state index contributed by atoms with van der Waals surface area (Å²) in [6, 6.07) is 9.52. The standard InChI is InChI=1S/C13H16N2O/c1-10-5-4-6-12(7-10)8-13(16)15(3)11(2)9-14/h4-7,11H,8H2,1-3H3. The number of carbonyl (C=O) groups excluding carboxylic acids is 1. The summed E-state index contributed by atoms with van der Waals surface area (Å²) in [6.07, 6.45) is 0.351. The van der Waals surface area contributed by atoms with Crippen LogP contribution in [0.5, 0.6) is 0 Å². The summed E-state index contributed by atoms with van der Waals surface area (Å²) in [5.41, 5.74) is 2.13. The maximum Gasteiger partial charge on any atom is 0.227 e. The maximum absolute atomic E-state index is 11.8. The number of rotatable bonds is 3. The fourth-order valence-corrected chi connectivity index (χ4v) is 1.42. The third kappa shape index (κ3) is 3.09. The number of carbonyl (C=O) groups is 1. The summed E-state index contributed by atoms with van der Waals surface area (Å²) in [5, 5.41) is 8.72. The van der Waals surface area contributed by atoms with E-state index in [1.807, 2.05) is 37.3 Å². The second kappa shape index (κ2) is 5.32. The average molecular weight is 216 g/mol. The molecule has 84 valence electrons. The summed E-state index contributed by atoms with van der Waals surface area (Å²) in [6.45, 7) is 3.71. The van der Waals surface area contributed by atoms with E-state index in [0.29, 0.717) is 6.42 Å². The van der Waals surface area contributed by atoms with E-state index in [1.54, 1.807) is 14.0 Å². The van der Waals surface area contributed by atoms with Gasteiger partial charge in [-0.2, -0.15) is 5.26 Å². The van der Waals surface area contributed by atoms with Crippen molar-refractivity contribution in [2.24, 2.45) is 0 Å². The molecule has 0 spiro atoms. The Labute approximate surface area is 96.3 Å². The number of amides is 1. The van der Waals surface area contributed by atoms with Gasteiger partial charge >= 0.3 is 0 Å². The molecule has 1 atom stereocenters. The molecule has 1 aromatic rings. The molecule has 0 aliphatic heterocycles. The van der Waals surface area contributed by atoms with Crippen molar-refractivity contribution < 1.29 is 4.79 Å². The van der Waals surface area contributed by atoms with E-state index < -0.39 is 0 Å². The van der Waals surface area contributed by atoms with Crippen LogP contribution in [0.1, 0.15) is 18.1 Å². The van der Waals surface area contributed by atoms with Crippen LogP contribution < -0.4 is 0 Å². The van der Waals surface area contributed by atoms with Gasteiger partial charge in [0.05, 0.1) is 12.5 Å². The highest BCUT2D eigenvalue weighted by Crippen LogP contribution is 2.07. The number of hydrogen-bond acceptors (Lipinski definition) is 2. The first-order chi connectivity index (χ1) is 7.54. The van der Waals surface area contributed by atoms with E-state index in [4.69, 9.17) is 5.26 Å². The van der Waals surface area contributed by atoms with E-state index in [2.05, 4.69) is 0 Å². The van der Waals surface area contributed by atoms with E-state index in [1.165, 1.54) is 4.90 Å². The molecule has 3 heteroatoms. The molecule has 0 N–H and O–H groups in total.